The maximum Gasteiger partial charge on any atom is 0.416 e. The van der Waals surface area contributed by atoms with Crippen LogP contribution in [0, 0.1) is 12.7 Å². The molecule has 0 aliphatic heterocycles. The molecule has 2 N–H and O–H groups in total. The number of nitrogens with zero attached hydrogens (tertiary/aromatic N) is 1. The molecule has 0 spiro atoms. The fourth-order valence-electron chi connectivity index (χ4n) is 2.79. The molecule has 168 valence electrons. The number of nitrogens with one attached hydrogen (secondary N) is 2. The van der Waals surface area contributed by atoms with Crippen LogP contribution in [0.3, 0.4) is 0 Å². The number of hydrogen-bond donors (Lipinski definition) is 2. The summed E-state index contributed by atoms with van der Waals surface area (Å²) in [6, 6.07) is 8.17. The van der Waals surface area contributed by atoms with E-state index in [1.807, 2.05) is 5.32 Å². The van der Waals surface area contributed by atoms with E-state index in [0.29, 0.717) is 29.1 Å². The van der Waals surface area contributed by atoms with E-state index >= 15 is 0 Å². The van der Waals surface area contributed by atoms with Gasteiger partial charge in [-0.15, -0.1) is 0 Å². The summed E-state index contributed by atoms with van der Waals surface area (Å²) in [6.07, 6.45) is -10.1. The van der Waals surface area contributed by atoms with Gasteiger partial charge in [0.05, 0.1) is 28.2 Å². The van der Waals surface area contributed by atoms with E-state index < -0.39 is 41.0 Å². The number of pyridine rings is 1. The Morgan fingerprint density at radius 2 is 1.38 bits per heavy atom. The highest BCUT2D eigenvalue weighted by atomic mass is 19.4. The molecular weight excluding hydrogens is 443 g/mol. The van der Waals surface area contributed by atoms with Gasteiger partial charge in [0.2, 0.25) is 0 Å². The van der Waals surface area contributed by atoms with Gasteiger partial charge in [-0.3, -0.25) is 4.98 Å². The fourth-order valence-corrected chi connectivity index (χ4v) is 2.79. The number of anilines is 2. The maximum absolute atomic E-state index is 13.0. The predicted molar refractivity (Wildman–Crippen MR) is 103 cm³/mol. The van der Waals surface area contributed by atoms with Gasteiger partial charge < -0.3 is 10.6 Å². The largest absolute Gasteiger partial charge is 0.416 e. The lowest BCUT2D eigenvalue weighted by molar-refractivity contribution is -0.143. The summed E-state index contributed by atoms with van der Waals surface area (Å²) >= 11 is 0. The second-order valence-electron chi connectivity index (χ2n) is 6.71. The van der Waals surface area contributed by atoms with E-state index in [4.69, 9.17) is 0 Å². The summed E-state index contributed by atoms with van der Waals surface area (Å²) in [6.45, 7) is 1.54. The third kappa shape index (κ3) is 5.54. The lowest BCUT2D eigenvalue weighted by Crippen LogP contribution is -2.21. The highest BCUT2D eigenvalue weighted by Gasteiger charge is 2.37. The smallest absolute Gasteiger partial charge is 0.308 e. The minimum Gasteiger partial charge on any atom is -0.308 e. The zero-order valence-electron chi connectivity index (χ0n) is 16.2. The number of aryl methyl sites for hydroxylation is 1. The molecular formula is C21H14F7N3O. The molecule has 0 fully saturated rings. The molecule has 2 amide bonds. The van der Waals surface area contributed by atoms with Crippen LogP contribution < -0.4 is 10.6 Å². The molecule has 1 aromatic heterocycles. The van der Waals surface area contributed by atoms with Gasteiger partial charge >= 0.3 is 18.4 Å². The summed E-state index contributed by atoms with van der Waals surface area (Å²) in [4.78, 5) is 16.5. The number of rotatable bonds is 3. The van der Waals surface area contributed by atoms with Gasteiger partial charge in [0.25, 0.3) is 0 Å². The van der Waals surface area contributed by atoms with Gasteiger partial charge in [-0.1, -0.05) is 0 Å². The van der Waals surface area contributed by atoms with Crippen molar-refractivity contribution in [2.45, 2.75) is 19.3 Å². The Balaban J connectivity index is 1.80. The van der Waals surface area contributed by atoms with E-state index in [1.165, 1.54) is 43.3 Å². The Labute approximate surface area is 177 Å². The number of aromatic nitrogens is 1. The molecule has 0 radical (unpaired) electrons. The van der Waals surface area contributed by atoms with Gasteiger partial charge in [-0.2, -0.15) is 26.3 Å². The molecule has 0 saturated heterocycles. The second-order valence-corrected chi connectivity index (χ2v) is 6.71. The molecule has 0 aliphatic rings. The fraction of sp³-hybridized carbons (Fsp3) is 0.143. The first-order valence-electron chi connectivity index (χ1n) is 8.94. The first-order chi connectivity index (χ1) is 14.8. The Bertz CT molecular complexity index is 1110. The van der Waals surface area contributed by atoms with E-state index in [-0.39, 0.29) is 11.8 Å². The topological polar surface area (TPSA) is 54.0 Å². The summed E-state index contributed by atoms with van der Waals surface area (Å²) in [7, 11) is 0. The molecule has 4 nitrogen and oxygen atoms in total. The lowest BCUT2D eigenvalue weighted by atomic mass is 10.1. The van der Waals surface area contributed by atoms with Crippen LogP contribution in [0.1, 0.15) is 16.8 Å². The molecule has 0 aliphatic carbocycles. The van der Waals surface area contributed by atoms with Crippen molar-refractivity contribution in [3.8, 4) is 11.3 Å². The molecule has 0 bridgehead atoms. The van der Waals surface area contributed by atoms with Crippen molar-refractivity contribution in [1.29, 1.82) is 0 Å². The van der Waals surface area contributed by atoms with E-state index in [0.717, 1.165) is 0 Å². The Kier molecular flexibility index (Phi) is 6.11. The van der Waals surface area contributed by atoms with Crippen molar-refractivity contribution in [3.05, 3.63) is 77.2 Å². The second kappa shape index (κ2) is 8.48. The monoisotopic (exact) mass is 457 g/mol. The molecule has 0 atom stereocenters. The number of benzene rings is 2. The van der Waals surface area contributed by atoms with Crippen molar-refractivity contribution in [2.75, 3.05) is 10.6 Å². The number of carbonyl (C=O) groups excluding carboxylic acids is 1. The first-order valence-corrected chi connectivity index (χ1v) is 8.94. The highest BCUT2D eigenvalue weighted by molar-refractivity contribution is 6.00. The summed E-state index contributed by atoms with van der Waals surface area (Å²) in [5.74, 6) is -0.427. The minimum atomic E-state index is -5.04. The lowest BCUT2D eigenvalue weighted by Gasteiger charge is -2.15. The number of urea groups is 1. The number of alkyl halides is 6. The van der Waals surface area contributed by atoms with Gasteiger partial charge in [-0.05, 0) is 61.5 Å². The van der Waals surface area contributed by atoms with Crippen LogP contribution in [-0.4, -0.2) is 11.0 Å². The highest BCUT2D eigenvalue weighted by Crippen LogP contribution is 2.37. The number of carbonyl (C=O) groups is 1. The van der Waals surface area contributed by atoms with E-state index in [2.05, 4.69) is 10.3 Å². The number of amides is 2. The van der Waals surface area contributed by atoms with E-state index in [9.17, 15) is 35.5 Å². The van der Waals surface area contributed by atoms with Gasteiger partial charge in [-0.25, -0.2) is 9.18 Å². The van der Waals surface area contributed by atoms with E-state index in [1.54, 1.807) is 0 Å². The molecule has 3 aromatic rings. The van der Waals surface area contributed by atoms with Crippen molar-refractivity contribution in [3.63, 3.8) is 0 Å². The van der Waals surface area contributed by atoms with Crippen molar-refractivity contribution in [2.24, 2.45) is 0 Å². The van der Waals surface area contributed by atoms with Gasteiger partial charge in [0.15, 0.2) is 0 Å². The minimum absolute atomic E-state index is 0.0364. The zero-order chi connectivity index (χ0) is 23.7. The zero-order valence-corrected chi connectivity index (χ0v) is 16.2. The Morgan fingerprint density at radius 3 is 1.88 bits per heavy atom. The summed E-state index contributed by atoms with van der Waals surface area (Å²) in [5.41, 5.74) is -2.21. The summed E-state index contributed by atoms with van der Waals surface area (Å²) < 4.78 is 90.7. The van der Waals surface area contributed by atoms with Crippen LogP contribution in [0.5, 0.6) is 0 Å². The Hall–Kier alpha value is -3.63. The third-order valence-corrected chi connectivity index (χ3v) is 4.32. The predicted octanol–water partition coefficient (Wildman–Crippen LogP) is 6.88. The maximum atomic E-state index is 13.0. The molecule has 0 unspecified atom stereocenters. The van der Waals surface area contributed by atoms with Crippen LogP contribution in [-0.2, 0) is 12.4 Å². The molecule has 1 heterocycles. The van der Waals surface area contributed by atoms with Crippen molar-refractivity contribution in [1.82, 2.24) is 4.98 Å². The molecule has 0 saturated carbocycles. The average molecular weight is 457 g/mol. The normalized spacial score (nSPS) is 11.9. The van der Waals surface area contributed by atoms with Crippen LogP contribution >= 0.6 is 0 Å². The van der Waals surface area contributed by atoms with Crippen LogP contribution in [0.15, 0.2) is 54.6 Å². The Morgan fingerprint density at radius 1 is 0.812 bits per heavy atom. The quantitative estimate of drug-likeness (QED) is 0.422. The van der Waals surface area contributed by atoms with Gasteiger partial charge in [0, 0.05) is 11.3 Å². The van der Waals surface area contributed by atoms with Crippen molar-refractivity contribution < 1.29 is 35.5 Å². The third-order valence-electron chi connectivity index (χ3n) is 4.32. The average Bonchev–Trinajstić information content (AvgIpc) is 2.68. The molecule has 32 heavy (non-hydrogen) atoms. The van der Waals surface area contributed by atoms with Crippen LogP contribution in [0.25, 0.3) is 11.3 Å². The molecule has 11 heteroatoms. The van der Waals surface area contributed by atoms with Gasteiger partial charge in [0.1, 0.15) is 5.82 Å². The number of hydrogen-bond acceptors (Lipinski definition) is 2. The van der Waals surface area contributed by atoms with Crippen LogP contribution in [0.4, 0.5) is 46.9 Å². The molecule has 2 aromatic carbocycles. The standard InChI is InChI=1S/C21H14F7N3O/c1-11-17(6-7-18(29-11)12-2-4-15(22)5-3-12)31-19(32)30-16-9-13(20(23,24)25)8-14(10-16)21(26,27)28/h2-10H,1H3,(H2,30,31,32). The summed E-state index contributed by atoms with van der Waals surface area (Å²) in [5, 5.41) is 4.30. The first kappa shape index (κ1) is 23.0. The van der Waals surface area contributed by atoms with Crippen molar-refractivity contribution >= 4 is 17.4 Å². The van der Waals surface area contributed by atoms with Crippen LogP contribution in [0.2, 0.25) is 0 Å². The SMILES string of the molecule is Cc1nc(-c2ccc(F)cc2)ccc1NC(=O)Nc1cc(C(F)(F)F)cc(C(F)(F)F)c1. The molecule has 3 rings (SSSR count). The number of halogens is 7.